The molecule has 0 bridgehead atoms. The Hall–Kier alpha value is -3.06. The number of nitrogens with one attached hydrogen (secondary N) is 1. The van der Waals surface area contributed by atoms with Gasteiger partial charge in [0.05, 0.1) is 6.67 Å². The van der Waals surface area contributed by atoms with Crippen LogP contribution in [-0.4, -0.2) is 65.9 Å². The topological polar surface area (TPSA) is 73.0 Å². The Morgan fingerprint density at radius 1 is 0.946 bits per heavy atom. The number of benzene rings is 2. The van der Waals surface area contributed by atoms with Crippen LogP contribution in [0.5, 0.6) is 0 Å². The molecule has 0 atom stereocenters. The summed E-state index contributed by atoms with van der Waals surface area (Å²) in [4.78, 5) is 45.4. The average molecular weight is 523 g/mol. The smallest absolute Gasteiger partial charge is 0.253 e. The molecular weight excluding hydrogens is 488 g/mol. The molecule has 0 radical (unpaired) electrons. The number of hydrogen-bond donors (Lipinski definition) is 1. The normalized spacial score (nSPS) is 19.9. The maximum atomic E-state index is 13.9. The van der Waals surface area contributed by atoms with Crippen molar-refractivity contribution in [1.29, 1.82) is 0 Å². The first kappa shape index (κ1) is 25.6. The van der Waals surface area contributed by atoms with E-state index in [1.807, 2.05) is 35.2 Å². The van der Waals surface area contributed by atoms with E-state index in [9.17, 15) is 14.4 Å². The van der Waals surface area contributed by atoms with Crippen molar-refractivity contribution < 1.29 is 14.4 Å². The van der Waals surface area contributed by atoms with Gasteiger partial charge in [0.25, 0.3) is 11.8 Å². The van der Waals surface area contributed by atoms with Crippen molar-refractivity contribution in [3.63, 3.8) is 0 Å². The fraction of sp³-hybridized carbons (Fsp3) is 0.483. The third-order valence-electron chi connectivity index (χ3n) is 8.20. The van der Waals surface area contributed by atoms with Crippen molar-refractivity contribution >= 4 is 35.0 Å². The number of carbonyl (C=O) groups excluding carboxylic acids is 3. The second-order valence-electron chi connectivity index (χ2n) is 10.5. The number of piperidine rings is 1. The molecule has 1 N–H and O–H groups in total. The highest BCUT2D eigenvalue weighted by molar-refractivity contribution is 6.30. The van der Waals surface area contributed by atoms with Crippen molar-refractivity contribution in [3.8, 4) is 0 Å². The second kappa shape index (κ2) is 11.1. The van der Waals surface area contributed by atoms with Crippen LogP contribution in [0, 0.1) is 5.92 Å². The van der Waals surface area contributed by atoms with Gasteiger partial charge < -0.3 is 20.0 Å². The van der Waals surface area contributed by atoms with E-state index in [0.29, 0.717) is 55.6 Å². The molecule has 5 rings (SSSR count). The Kier molecular flexibility index (Phi) is 7.70. The zero-order chi connectivity index (χ0) is 25.8. The van der Waals surface area contributed by atoms with Gasteiger partial charge >= 0.3 is 0 Å². The van der Waals surface area contributed by atoms with Gasteiger partial charge in [-0.25, -0.2) is 0 Å². The Morgan fingerprint density at radius 2 is 1.62 bits per heavy atom. The van der Waals surface area contributed by atoms with Crippen LogP contribution in [0.2, 0.25) is 5.02 Å². The summed E-state index contributed by atoms with van der Waals surface area (Å²) in [7, 11) is 0. The minimum atomic E-state index is -0.762. The molecular formula is C29H35ClN4O3. The van der Waals surface area contributed by atoms with Crippen LogP contribution in [-0.2, 0) is 9.59 Å². The molecule has 3 aliphatic rings. The molecule has 2 saturated heterocycles. The van der Waals surface area contributed by atoms with Crippen LogP contribution in [0.1, 0.15) is 55.3 Å². The third-order valence-corrected chi connectivity index (χ3v) is 8.45. The first-order valence-corrected chi connectivity index (χ1v) is 13.8. The number of likely N-dealkylation sites (tertiary alicyclic amines) is 1. The molecule has 1 spiro atoms. The van der Waals surface area contributed by atoms with Gasteiger partial charge in [-0.15, -0.1) is 0 Å². The molecule has 8 heteroatoms. The van der Waals surface area contributed by atoms with Crippen molar-refractivity contribution in [1.82, 2.24) is 15.1 Å². The quantitative estimate of drug-likeness (QED) is 0.613. The molecule has 0 unspecified atom stereocenters. The van der Waals surface area contributed by atoms with E-state index in [0.717, 1.165) is 5.69 Å². The average Bonchev–Trinajstić information content (AvgIpc) is 3.19. The molecule has 3 amide bonds. The lowest BCUT2D eigenvalue weighted by atomic mass is 9.85. The molecule has 2 aromatic carbocycles. The maximum absolute atomic E-state index is 13.9. The van der Waals surface area contributed by atoms with Gasteiger partial charge in [0.2, 0.25) is 5.91 Å². The van der Waals surface area contributed by atoms with Crippen molar-refractivity contribution in [2.45, 2.75) is 50.5 Å². The van der Waals surface area contributed by atoms with E-state index in [1.165, 1.54) is 32.1 Å². The molecule has 2 aliphatic heterocycles. The van der Waals surface area contributed by atoms with Crippen LogP contribution in [0.15, 0.2) is 54.6 Å². The fourth-order valence-corrected chi connectivity index (χ4v) is 6.18. The minimum absolute atomic E-state index is 0.0252. The highest BCUT2D eigenvalue weighted by Gasteiger charge is 2.54. The molecule has 0 aromatic heterocycles. The number of rotatable bonds is 6. The summed E-state index contributed by atoms with van der Waals surface area (Å²) < 4.78 is 0. The van der Waals surface area contributed by atoms with Gasteiger partial charge in [-0.1, -0.05) is 49.1 Å². The predicted molar refractivity (Wildman–Crippen MR) is 144 cm³/mol. The lowest BCUT2D eigenvalue weighted by Gasteiger charge is -2.43. The maximum Gasteiger partial charge on any atom is 0.253 e. The number of carbonyl (C=O) groups is 3. The van der Waals surface area contributed by atoms with E-state index >= 15 is 0 Å². The van der Waals surface area contributed by atoms with E-state index in [2.05, 4.69) is 10.2 Å². The van der Waals surface area contributed by atoms with Gasteiger partial charge in [-0.2, -0.15) is 0 Å². The van der Waals surface area contributed by atoms with Crippen molar-refractivity contribution in [2.75, 3.05) is 37.7 Å². The summed E-state index contributed by atoms with van der Waals surface area (Å²) in [5.41, 5.74) is 0.787. The highest BCUT2D eigenvalue weighted by atomic mass is 35.5. The van der Waals surface area contributed by atoms with Crippen LogP contribution in [0.4, 0.5) is 5.69 Å². The van der Waals surface area contributed by atoms with Crippen molar-refractivity contribution in [2.24, 2.45) is 5.92 Å². The molecule has 37 heavy (non-hydrogen) atoms. The van der Waals surface area contributed by atoms with Gasteiger partial charge in [0.15, 0.2) is 0 Å². The lowest BCUT2D eigenvalue weighted by molar-refractivity contribution is -0.137. The molecule has 7 nitrogen and oxygen atoms in total. The van der Waals surface area contributed by atoms with Crippen LogP contribution in [0.3, 0.4) is 0 Å². The SMILES string of the molecule is O=C(CN1CN(c2ccccc2)C2(CCN(C(=O)c3ccc(Cl)cc3)CC2)C1=O)NCC1CCCCC1. The molecule has 2 aromatic rings. The summed E-state index contributed by atoms with van der Waals surface area (Å²) in [6, 6.07) is 16.8. The molecule has 1 aliphatic carbocycles. The third kappa shape index (κ3) is 5.47. The summed E-state index contributed by atoms with van der Waals surface area (Å²) in [5, 5.41) is 3.67. The van der Waals surface area contributed by atoms with E-state index in [4.69, 9.17) is 11.6 Å². The van der Waals surface area contributed by atoms with Crippen LogP contribution >= 0.6 is 11.6 Å². The first-order chi connectivity index (χ1) is 18.0. The second-order valence-corrected chi connectivity index (χ2v) is 11.0. The largest absolute Gasteiger partial charge is 0.354 e. The molecule has 3 fully saturated rings. The summed E-state index contributed by atoms with van der Waals surface area (Å²) in [5.74, 6) is 0.367. The standard InChI is InChI=1S/C29H35ClN4O3/c30-24-13-11-23(12-14-24)27(36)32-17-15-29(16-18-32)28(37)33(21-34(29)25-9-5-2-6-10-25)20-26(35)31-19-22-7-3-1-4-8-22/h2,5-6,9-14,22H,1,3-4,7-8,15-21H2,(H,31,35). The first-order valence-electron chi connectivity index (χ1n) is 13.4. The van der Waals surface area contributed by atoms with E-state index in [-0.39, 0.29) is 24.3 Å². The zero-order valence-electron chi connectivity index (χ0n) is 21.2. The molecule has 2 heterocycles. The summed E-state index contributed by atoms with van der Waals surface area (Å²) in [6.07, 6.45) is 7.11. The number of anilines is 1. The number of nitrogens with zero attached hydrogens (tertiary/aromatic N) is 3. The van der Waals surface area contributed by atoms with Gasteiger partial charge in [-0.3, -0.25) is 14.4 Å². The molecule has 1 saturated carbocycles. The van der Waals surface area contributed by atoms with E-state index in [1.54, 1.807) is 29.2 Å². The Balaban J connectivity index is 1.28. The highest BCUT2D eigenvalue weighted by Crippen LogP contribution is 2.39. The summed E-state index contributed by atoms with van der Waals surface area (Å²) >= 11 is 5.98. The van der Waals surface area contributed by atoms with Crippen molar-refractivity contribution in [3.05, 3.63) is 65.2 Å². The number of amides is 3. The summed E-state index contributed by atoms with van der Waals surface area (Å²) in [6.45, 7) is 2.06. The number of halogens is 1. The van der Waals surface area contributed by atoms with Gasteiger partial charge in [0.1, 0.15) is 12.1 Å². The van der Waals surface area contributed by atoms with Crippen LogP contribution in [0.25, 0.3) is 0 Å². The zero-order valence-corrected chi connectivity index (χ0v) is 22.0. The molecule has 196 valence electrons. The number of para-hydroxylation sites is 1. The Morgan fingerprint density at radius 3 is 2.30 bits per heavy atom. The fourth-order valence-electron chi connectivity index (χ4n) is 6.06. The predicted octanol–water partition coefficient (Wildman–Crippen LogP) is 4.32. The van der Waals surface area contributed by atoms with Gasteiger partial charge in [-0.05, 0) is 68.0 Å². The minimum Gasteiger partial charge on any atom is -0.354 e. The van der Waals surface area contributed by atoms with E-state index < -0.39 is 5.54 Å². The number of hydrogen-bond acceptors (Lipinski definition) is 4. The van der Waals surface area contributed by atoms with Gasteiger partial charge in [0, 0.05) is 35.9 Å². The monoisotopic (exact) mass is 522 g/mol. The van der Waals surface area contributed by atoms with Crippen LogP contribution < -0.4 is 10.2 Å². The Bertz CT molecular complexity index is 1110. The lowest BCUT2D eigenvalue weighted by Crippen LogP contribution is -2.57. The Labute approximate surface area is 223 Å².